The van der Waals surface area contributed by atoms with E-state index in [0.717, 1.165) is 21.8 Å². The van der Waals surface area contributed by atoms with Gasteiger partial charge in [0.2, 0.25) is 0 Å². The highest BCUT2D eigenvalue weighted by molar-refractivity contribution is 7.10. The number of Topliss-reactive ketones (excluding diaryl/α,β-unsaturated/α-hetero) is 1. The maximum absolute atomic E-state index is 13.0. The second-order valence-corrected chi connectivity index (χ2v) is 8.54. The number of hydrogen-bond acceptors (Lipinski definition) is 6. The van der Waals surface area contributed by atoms with Crippen molar-refractivity contribution in [3.05, 3.63) is 56.8 Å². The van der Waals surface area contributed by atoms with Crippen LogP contribution >= 0.6 is 11.3 Å². The third-order valence-electron chi connectivity index (χ3n) is 5.34. The maximum Gasteiger partial charge on any atom is 0.295 e. The van der Waals surface area contributed by atoms with Crippen molar-refractivity contribution in [2.75, 3.05) is 27.4 Å². The summed E-state index contributed by atoms with van der Waals surface area (Å²) in [6.45, 7) is 6.48. The molecule has 1 aromatic carbocycles. The Hall–Kier alpha value is -2.64. The number of aliphatic hydroxyl groups excluding tert-OH is 1. The molecule has 1 aliphatic rings. The van der Waals surface area contributed by atoms with Crippen molar-refractivity contribution in [3.8, 4) is 5.75 Å². The van der Waals surface area contributed by atoms with Crippen molar-refractivity contribution >= 4 is 28.8 Å². The number of rotatable bonds is 7. The van der Waals surface area contributed by atoms with E-state index in [4.69, 9.17) is 9.47 Å². The molecule has 0 saturated carbocycles. The summed E-state index contributed by atoms with van der Waals surface area (Å²) in [5, 5.41) is 13.2. The average molecular weight is 430 g/mol. The van der Waals surface area contributed by atoms with Crippen LogP contribution in [0.5, 0.6) is 5.75 Å². The Kier molecular flexibility index (Phi) is 6.63. The first kappa shape index (κ1) is 22.1. The zero-order chi connectivity index (χ0) is 22.0. The number of thiophene rings is 1. The normalized spacial score (nSPS) is 18.5. The van der Waals surface area contributed by atoms with E-state index in [-0.39, 0.29) is 23.8 Å². The number of benzene rings is 1. The molecule has 7 heteroatoms. The Morgan fingerprint density at radius 1 is 1.27 bits per heavy atom. The Morgan fingerprint density at radius 2 is 2.00 bits per heavy atom. The van der Waals surface area contributed by atoms with Gasteiger partial charge in [-0.05, 0) is 47.5 Å². The minimum Gasteiger partial charge on any atom is -0.507 e. The summed E-state index contributed by atoms with van der Waals surface area (Å²) in [7, 11) is 3.16. The number of carbonyl (C=O) groups is 2. The fraction of sp³-hybridized carbons (Fsp3) is 0.391. The minimum absolute atomic E-state index is 0.113. The Bertz CT molecular complexity index is 978. The lowest BCUT2D eigenvalue weighted by atomic mass is 9.92. The van der Waals surface area contributed by atoms with Crippen LogP contribution in [0.4, 0.5) is 0 Å². The smallest absolute Gasteiger partial charge is 0.295 e. The van der Waals surface area contributed by atoms with E-state index in [9.17, 15) is 14.7 Å². The van der Waals surface area contributed by atoms with Crippen LogP contribution in [-0.4, -0.2) is 49.1 Å². The number of nitrogens with zero attached hydrogens (tertiary/aromatic N) is 1. The molecule has 6 nitrogen and oxygen atoms in total. The third-order valence-corrected chi connectivity index (χ3v) is 6.27. The number of amides is 1. The fourth-order valence-electron chi connectivity index (χ4n) is 3.77. The molecule has 0 aliphatic carbocycles. The van der Waals surface area contributed by atoms with E-state index >= 15 is 0 Å². The largest absolute Gasteiger partial charge is 0.507 e. The second-order valence-electron chi connectivity index (χ2n) is 7.56. The number of aryl methyl sites for hydroxylation is 1. The zero-order valence-electron chi connectivity index (χ0n) is 17.9. The van der Waals surface area contributed by atoms with Crippen LogP contribution in [0.15, 0.2) is 35.2 Å². The molecule has 1 aliphatic heterocycles. The molecule has 0 bridgehead atoms. The summed E-state index contributed by atoms with van der Waals surface area (Å²) in [6, 6.07) is 6.80. The molecule has 1 fully saturated rings. The fourth-order valence-corrected chi connectivity index (χ4v) is 4.61. The quantitative estimate of drug-likeness (QED) is 0.404. The SMILES string of the molecule is COCCN1C(=O)C(=O)/C(=C(/O)c2cc(C(C)C)c(OC)cc2C)C1c1cccs1. The van der Waals surface area contributed by atoms with Gasteiger partial charge in [0.05, 0.1) is 25.3 Å². The summed E-state index contributed by atoms with van der Waals surface area (Å²) >= 11 is 1.44. The van der Waals surface area contributed by atoms with E-state index in [1.807, 2.05) is 50.4 Å². The monoisotopic (exact) mass is 429 g/mol. The van der Waals surface area contributed by atoms with Gasteiger partial charge in [0.15, 0.2) is 0 Å². The number of ether oxygens (including phenoxy) is 2. The third kappa shape index (κ3) is 3.87. The molecule has 1 unspecified atom stereocenters. The Labute approximate surface area is 180 Å². The van der Waals surface area contributed by atoms with Crippen molar-refractivity contribution in [2.24, 2.45) is 0 Å². The van der Waals surface area contributed by atoms with E-state index in [2.05, 4.69) is 0 Å². The van der Waals surface area contributed by atoms with Crippen molar-refractivity contribution in [2.45, 2.75) is 32.7 Å². The molecule has 1 aromatic heterocycles. The summed E-state index contributed by atoms with van der Waals surface area (Å²) in [6.07, 6.45) is 0. The lowest BCUT2D eigenvalue weighted by Gasteiger charge is -2.24. The van der Waals surface area contributed by atoms with Crippen LogP contribution in [-0.2, 0) is 14.3 Å². The number of carbonyl (C=O) groups excluding carboxylic acids is 2. The van der Waals surface area contributed by atoms with E-state index < -0.39 is 17.7 Å². The lowest BCUT2D eigenvalue weighted by Crippen LogP contribution is -2.32. The molecule has 1 amide bonds. The number of methoxy groups -OCH3 is 2. The first-order valence-electron chi connectivity index (χ1n) is 9.81. The zero-order valence-corrected chi connectivity index (χ0v) is 18.7. The predicted molar refractivity (Wildman–Crippen MR) is 117 cm³/mol. The van der Waals surface area contributed by atoms with Gasteiger partial charge in [-0.25, -0.2) is 0 Å². The average Bonchev–Trinajstić information content (AvgIpc) is 3.33. The highest BCUT2D eigenvalue weighted by Gasteiger charge is 2.46. The van der Waals surface area contributed by atoms with Gasteiger partial charge in [-0.15, -0.1) is 11.3 Å². The van der Waals surface area contributed by atoms with Crippen molar-refractivity contribution in [3.63, 3.8) is 0 Å². The summed E-state index contributed by atoms with van der Waals surface area (Å²) in [5.41, 5.74) is 2.33. The summed E-state index contributed by atoms with van der Waals surface area (Å²) in [5.74, 6) is -0.571. The first-order valence-corrected chi connectivity index (χ1v) is 10.7. The van der Waals surface area contributed by atoms with Crippen LogP contribution in [0.2, 0.25) is 0 Å². The molecular formula is C23H27NO5S. The van der Waals surface area contributed by atoms with Crippen LogP contribution in [0.3, 0.4) is 0 Å². The summed E-state index contributed by atoms with van der Waals surface area (Å²) < 4.78 is 10.6. The molecule has 1 saturated heterocycles. The molecule has 2 aromatic rings. The van der Waals surface area contributed by atoms with Crippen LogP contribution in [0.25, 0.3) is 5.76 Å². The summed E-state index contributed by atoms with van der Waals surface area (Å²) in [4.78, 5) is 28.1. The van der Waals surface area contributed by atoms with E-state index in [1.165, 1.54) is 16.2 Å². The molecule has 0 spiro atoms. The van der Waals surface area contributed by atoms with Gasteiger partial charge in [-0.3, -0.25) is 9.59 Å². The molecule has 3 rings (SSSR count). The standard InChI is InChI=1S/C23H27NO5S/c1-13(2)15-12-16(14(3)11-17(15)29-5)21(25)19-20(18-7-6-10-30-18)24(8-9-28-4)23(27)22(19)26/h6-7,10-13,20,25H,8-9H2,1-5H3/b21-19+. The first-order chi connectivity index (χ1) is 14.3. The lowest BCUT2D eigenvalue weighted by molar-refractivity contribution is -0.140. The van der Waals surface area contributed by atoms with Crippen molar-refractivity contribution in [1.29, 1.82) is 0 Å². The predicted octanol–water partition coefficient (Wildman–Crippen LogP) is 4.26. The Balaban J connectivity index is 2.21. The van der Waals surface area contributed by atoms with Crippen LogP contribution in [0, 0.1) is 6.92 Å². The molecule has 160 valence electrons. The molecule has 30 heavy (non-hydrogen) atoms. The van der Waals surface area contributed by atoms with E-state index in [1.54, 1.807) is 14.2 Å². The maximum atomic E-state index is 13.0. The topological polar surface area (TPSA) is 76.1 Å². The van der Waals surface area contributed by atoms with Crippen LogP contribution in [0.1, 0.15) is 47.4 Å². The van der Waals surface area contributed by atoms with Gasteiger partial charge in [0, 0.05) is 24.1 Å². The Morgan fingerprint density at radius 3 is 2.57 bits per heavy atom. The molecule has 1 atom stereocenters. The molecular weight excluding hydrogens is 402 g/mol. The highest BCUT2D eigenvalue weighted by Crippen LogP contribution is 2.42. The highest BCUT2D eigenvalue weighted by atomic mass is 32.1. The number of hydrogen-bond donors (Lipinski definition) is 1. The van der Waals surface area contributed by atoms with Gasteiger partial charge in [-0.2, -0.15) is 0 Å². The minimum atomic E-state index is -0.677. The number of likely N-dealkylation sites (tertiary alicyclic amines) is 1. The van der Waals surface area contributed by atoms with E-state index in [0.29, 0.717) is 12.2 Å². The number of ketones is 1. The van der Waals surface area contributed by atoms with Gasteiger partial charge in [0.25, 0.3) is 11.7 Å². The molecule has 1 N–H and O–H groups in total. The van der Waals surface area contributed by atoms with Crippen molar-refractivity contribution in [1.82, 2.24) is 4.90 Å². The van der Waals surface area contributed by atoms with Gasteiger partial charge < -0.3 is 19.5 Å². The van der Waals surface area contributed by atoms with Crippen molar-refractivity contribution < 1.29 is 24.2 Å². The van der Waals surface area contributed by atoms with Crippen LogP contribution < -0.4 is 4.74 Å². The number of aliphatic hydroxyl groups is 1. The van der Waals surface area contributed by atoms with Gasteiger partial charge in [0.1, 0.15) is 11.5 Å². The van der Waals surface area contributed by atoms with Gasteiger partial charge in [-0.1, -0.05) is 19.9 Å². The second kappa shape index (κ2) is 9.02. The van der Waals surface area contributed by atoms with Gasteiger partial charge >= 0.3 is 0 Å². The molecule has 0 radical (unpaired) electrons. The molecule has 2 heterocycles.